The number of nitrogens with one attached hydrogen (secondary N) is 3. The van der Waals surface area contributed by atoms with Gasteiger partial charge in [-0.05, 0) is 30.3 Å². The number of carbonyl (C=O) groups excluding carboxylic acids is 2. The predicted octanol–water partition coefficient (Wildman–Crippen LogP) is 1.42. The lowest BCUT2D eigenvalue weighted by Crippen LogP contribution is -3.11. The summed E-state index contributed by atoms with van der Waals surface area (Å²) < 4.78 is 10.9. The van der Waals surface area contributed by atoms with E-state index in [-0.39, 0.29) is 17.9 Å². The Morgan fingerprint density at radius 3 is 2.69 bits per heavy atom. The minimum atomic E-state index is -0.182. The van der Waals surface area contributed by atoms with Crippen LogP contribution in [0.25, 0.3) is 0 Å². The second kappa shape index (κ2) is 9.43. The lowest BCUT2D eigenvalue weighted by molar-refractivity contribution is -0.910. The maximum absolute atomic E-state index is 12.7. The summed E-state index contributed by atoms with van der Waals surface area (Å²) in [6.45, 7) is 1.27. The van der Waals surface area contributed by atoms with Crippen molar-refractivity contribution in [3.63, 3.8) is 0 Å². The summed E-state index contributed by atoms with van der Waals surface area (Å²) in [7, 11) is 4.86. The van der Waals surface area contributed by atoms with Crippen molar-refractivity contribution in [3.05, 3.63) is 53.6 Å². The lowest BCUT2D eigenvalue weighted by Gasteiger charge is -2.23. The summed E-state index contributed by atoms with van der Waals surface area (Å²) in [6, 6.07) is 13.0. The van der Waals surface area contributed by atoms with Crippen LogP contribution in [0.3, 0.4) is 0 Å². The van der Waals surface area contributed by atoms with E-state index in [9.17, 15) is 9.59 Å². The van der Waals surface area contributed by atoms with Crippen LogP contribution in [0.5, 0.6) is 11.5 Å². The van der Waals surface area contributed by atoms with E-state index in [0.29, 0.717) is 17.8 Å². The molecule has 0 aliphatic carbocycles. The van der Waals surface area contributed by atoms with Crippen molar-refractivity contribution in [2.75, 3.05) is 39.7 Å². The molecule has 154 valence electrons. The molecule has 2 aromatic carbocycles. The molecule has 1 heterocycles. The number of carbonyl (C=O) groups is 2. The highest BCUT2D eigenvalue weighted by Gasteiger charge is 2.33. The molecule has 0 bridgehead atoms. The normalized spacial score (nSPS) is 18.2. The fourth-order valence-electron chi connectivity index (χ4n) is 3.90. The highest BCUT2D eigenvalue weighted by atomic mass is 16.5. The summed E-state index contributed by atoms with van der Waals surface area (Å²) in [5.41, 5.74) is 2.23. The molecule has 1 saturated heterocycles. The van der Waals surface area contributed by atoms with Crippen LogP contribution in [-0.2, 0) is 4.79 Å². The van der Waals surface area contributed by atoms with Gasteiger partial charge in [-0.1, -0.05) is 6.07 Å². The van der Waals surface area contributed by atoms with E-state index in [0.717, 1.165) is 36.4 Å². The Kier molecular flexibility index (Phi) is 6.72. The molecule has 2 atom stereocenters. The minimum absolute atomic E-state index is 0.0755. The third-order valence-corrected chi connectivity index (χ3v) is 5.32. The van der Waals surface area contributed by atoms with Gasteiger partial charge in [0.2, 0.25) is 0 Å². The first-order valence-electron chi connectivity index (χ1n) is 9.74. The fraction of sp³-hybridized carbons (Fsp3) is 0.364. The third kappa shape index (κ3) is 4.86. The average Bonchev–Trinajstić information content (AvgIpc) is 3.20. The molecule has 3 rings (SSSR count). The molecule has 7 heteroatoms. The molecular formula is C22H28N3O4+. The Balaban J connectivity index is 1.70. The number of hydrogen-bond acceptors (Lipinski definition) is 4. The van der Waals surface area contributed by atoms with E-state index in [2.05, 4.69) is 10.6 Å². The van der Waals surface area contributed by atoms with E-state index in [4.69, 9.17) is 9.47 Å². The molecule has 1 aliphatic rings. The molecule has 29 heavy (non-hydrogen) atoms. The molecule has 1 aliphatic heterocycles. The smallest absolute Gasteiger partial charge is 0.279 e. The SMILES string of the molecule is CNC(=O)c1cccc(NC(=O)C[NH+]2CCC[C@H]2c2ccc(OC)cc2OC)c1. The van der Waals surface area contributed by atoms with Crippen molar-refractivity contribution in [1.29, 1.82) is 0 Å². The quantitative estimate of drug-likeness (QED) is 0.659. The third-order valence-electron chi connectivity index (χ3n) is 5.32. The van der Waals surface area contributed by atoms with E-state index in [1.54, 1.807) is 45.5 Å². The van der Waals surface area contributed by atoms with Gasteiger partial charge in [-0.2, -0.15) is 0 Å². The number of methoxy groups -OCH3 is 2. The molecule has 7 nitrogen and oxygen atoms in total. The van der Waals surface area contributed by atoms with Gasteiger partial charge in [0.05, 0.1) is 26.3 Å². The van der Waals surface area contributed by atoms with Crippen LogP contribution >= 0.6 is 0 Å². The predicted molar refractivity (Wildman–Crippen MR) is 111 cm³/mol. The molecule has 2 amide bonds. The lowest BCUT2D eigenvalue weighted by atomic mass is 10.0. The van der Waals surface area contributed by atoms with Gasteiger partial charge in [0, 0.05) is 37.2 Å². The largest absolute Gasteiger partial charge is 0.497 e. The average molecular weight is 398 g/mol. The van der Waals surface area contributed by atoms with Gasteiger partial charge in [0.1, 0.15) is 17.5 Å². The van der Waals surface area contributed by atoms with Gasteiger partial charge in [-0.25, -0.2) is 0 Å². The summed E-state index contributed by atoms with van der Waals surface area (Å²) in [6.07, 6.45) is 2.05. The Morgan fingerprint density at radius 1 is 1.14 bits per heavy atom. The summed E-state index contributed by atoms with van der Waals surface area (Å²) in [5, 5.41) is 5.50. The van der Waals surface area contributed by atoms with Gasteiger partial charge < -0.3 is 25.0 Å². The number of benzene rings is 2. The maximum Gasteiger partial charge on any atom is 0.279 e. The van der Waals surface area contributed by atoms with E-state index in [1.807, 2.05) is 18.2 Å². The Morgan fingerprint density at radius 2 is 1.97 bits per heavy atom. The number of likely N-dealkylation sites (tertiary alicyclic amines) is 1. The Labute approximate surface area is 171 Å². The number of ether oxygens (including phenoxy) is 2. The second-order valence-corrected chi connectivity index (χ2v) is 7.10. The zero-order chi connectivity index (χ0) is 20.8. The van der Waals surface area contributed by atoms with Gasteiger partial charge in [-0.3, -0.25) is 9.59 Å². The zero-order valence-corrected chi connectivity index (χ0v) is 17.1. The first-order chi connectivity index (χ1) is 14.0. The number of rotatable bonds is 7. The Bertz CT molecular complexity index is 884. The minimum Gasteiger partial charge on any atom is -0.497 e. The molecular weight excluding hydrogens is 370 g/mol. The van der Waals surface area contributed by atoms with Crippen LogP contribution in [0.15, 0.2) is 42.5 Å². The number of amides is 2. The molecule has 1 fully saturated rings. The molecule has 1 unspecified atom stereocenters. The first kappa shape index (κ1) is 20.7. The number of anilines is 1. The topological polar surface area (TPSA) is 81.1 Å². The highest BCUT2D eigenvalue weighted by Crippen LogP contribution is 2.31. The van der Waals surface area contributed by atoms with E-state index >= 15 is 0 Å². The van der Waals surface area contributed by atoms with Crippen molar-refractivity contribution in [2.24, 2.45) is 0 Å². The van der Waals surface area contributed by atoms with Gasteiger partial charge in [0.15, 0.2) is 6.54 Å². The number of hydrogen-bond donors (Lipinski definition) is 3. The van der Waals surface area contributed by atoms with Crippen molar-refractivity contribution in [3.8, 4) is 11.5 Å². The van der Waals surface area contributed by atoms with E-state index < -0.39 is 0 Å². The van der Waals surface area contributed by atoms with E-state index in [1.165, 1.54) is 4.90 Å². The summed E-state index contributed by atoms with van der Waals surface area (Å²) in [5.74, 6) is 1.28. The molecule has 0 saturated carbocycles. The van der Waals surface area contributed by atoms with Crippen LogP contribution in [0.1, 0.15) is 34.8 Å². The summed E-state index contributed by atoms with van der Waals surface area (Å²) in [4.78, 5) is 25.7. The fourth-order valence-corrected chi connectivity index (χ4v) is 3.90. The van der Waals surface area contributed by atoms with Crippen LogP contribution < -0.4 is 25.0 Å². The zero-order valence-electron chi connectivity index (χ0n) is 17.1. The van der Waals surface area contributed by atoms with Crippen molar-refractivity contribution >= 4 is 17.5 Å². The first-order valence-corrected chi connectivity index (χ1v) is 9.74. The van der Waals surface area contributed by atoms with Crippen molar-refractivity contribution in [2.45, 2.75) is 18.9 Å². The highest BCUT2D eigenvalue weighted by molar-refractivity contribution is 5.97. The van der Waals surface area contributed by atoms with Gasteiger partial charge in [0.25, 0.3) is 11.8 Å². The van der Waals surface area contributed by atoms with Crippen LogP contribution in [0.4, 0.5) is 5.69 Å². The van der Waals surface area contributed by atoms with Crippen LogP contribution in [-0.4, -0.2) is 46.2 Å². The van der Waals surface area contributed by atoms with Gasteiger partial charge in [-0.15, -0.1) is 0 Å². The maximum atomic E-state index is 12.7. The molecule has 2 aromatic rings. The van der Waals surface area contributed by atoms with Crippen LogP contribution in [0, 0.1) is 0 Å². The monoisotopic (exact) mass is 398 g/mol. The molecule has 3 N–H and O–H groups in total. The molecule has 0 aromatic heterocycles. The van der Waals surface area contributed by atoms with Gasteiger partial charge >= 0.3 is 0 Å². The molecule has 0 spiro atoms. The summed E-state index contributed by atoms with van der Waals surface area (Å²) >= 11 is 0. The number of quaternary nitrogens is 1. The van der Waals surface area contributed by atoms with Crippen molar-refractivity contribution < 1.29 is 24.0 Å². The second-order valence-electron chi connectivity index (χ2n) is 7.10. The van der Waals surface area contributed by atoms with Crippen LogP contribution in [0.2, 0.25) is 0 Å². The standard InChI is InChI=1S/C22H27N3O4/c1-23-22(27)15-6-4-7-16(12-15)24-21(26)14-25-11-5-8-19(25)18-10-9-17(28-2)13-20(18)29-3/h4,6-7,9-10,12-13,19H,5,8,11,14H2,1-3H3,(H,23,27)(H,24,26)/p+1/t19-/m0/s1. The Hall–Kier alpha value is -3.06. The van der Waals surface area contributed by atoms with Crippen molar-refractivity contribution in [1.82, 2.24) is 5.32 Å². The molecule has 0 radical (unpaired) electrons.